The molecular weight excluding hydrogens is 156 g/mol. The van der Waals surface area contributed by atoms with Gasteiger partial charge in [-0.1, -0.05) is 6.92 Å². The molecule has 1 N–H and O–H groups in total. The quantitative estimate of drug-likeness (QED) is 0.642. The summed E-state index contributed by atoms with van der Waals surface area (Å²) in [6, 6.07) is 0. The molecule has 0 heterocycles. The third-order valence-electron chi connectivity index (χ3n) is 2.70. The van der Waals surface area contributed by atoms with Crippen LogP contribution < -0.4 is 0 Å². The molecule has 1 rings (SSSR count). The highest BCUT2D eigenvalue weighted by Crippen LogP contribution is 2.47. The van der Waals surface area contributed by atoms with Crippen molar-refractivity contribution in [3.05, 3.63) is 0 Å². The van der Waals surface area contributed by atoms with Gasteiger partial charge in [0.1, 0.15) is 0 Å². The summed E-state index contributed by atoms with van der Waals surface area (Å²) in [5, 5.41) is 9.13. The van der Waals surface area contributed by atoms with Crippen LogP contribution in [0.3, 0.4) is 0 Å². The van der Waals surface area contributed by atoms with Gasteiger partial charge in [0.05, 0.1) is 13.5 Å². The van der Waals surface area contributed by atoms with Gasteiger partial charge in [-0.3, -0.25) is 4.79 Å². The Hall–Kier alpha value is -0.570. The van der Waals surface area contributed by atoms with Crippen LogP contribution in [0, 0.1) is 11.3 Å². The zero-order chi connectivity index (χ0) is 9.19. The van der Waals surface area contributed by atoms with E-state index in [1.165, 1.54) is 7.11 Å². The van der Waals surface area contributed by atoms with Crippen LogP contribution in [0.5, 0.6) is 0 Å². The lowest BCUT2D eigenvalue weighted by Gasteiger charge is -2.25. The first-order chi connectivity index (χ1) is 5.62. The summed E-state index contributed by atoms with van der Waals surface area (Å²) in [6.45, 7) is 2.02. The summed E-state index contributed by atoms with van der Waals surface area (Å²) in [6.07, 6.45) is 2.60. The molecular formula is C9H16O3. The first kappa shape index (κ1) is 9.52. The lowest BCUT2D eigenvalue weighted by molar-refractivity contribution is -0.144. The van der Waals surface area contributed by atoms with Crippen molar-refractivity contribution >= 4 is 5.97 Å². The van der Waals surface area contributed by atoms with E-state index in [4.69, 9.17) is 5.11 Å². The highest BCUT2D eigenvalue weighted by molar-refractivity contribution is 5.70. The van der Waals surface area contributed by atoms with E-state index in [0.29, 0.717) is 12.3 Å². The maximum atomic E-state index is 11.0. The van der Waals surface area contributed by atoms with E-state index in [-0.39, 0.29) is 18.0 Å². The van der Waals surface area contributed by atoms with Crippen LogP contribution in [0.15, 0.2) is 0 Å². The number of aliphatic hydroxyl groups excluding tert-OH is 1. The van der Waals surface area contributed by atoms with Gasteiger partial charge in [-0.2, -0.15) is 0 Å². The van der Waals surface area contributed by atoms with Crippen molar-refractivity contribution in [2.24, 2.45) is 11.3 Å². The summed E-state index contributed by atoms with van der Waals surface area (Å²) < 4.78 is 4.58. The Morgan fingerprint density at radius 3 is 2.58 bits per heavy atom. The lowest BCUT2D eigenvalue weighted by Crippen LogP contribution is -2.27. The second kappa shape index (κ2) is 3.44. The summed E-state index contributed by atoms with van der Waals surface area (Å²) >= 11 is 0. The molecule has 3 nitrogen and oxygen atoms in total. The number of carbonyl (C=O) groups is 1. The molecule has 0 amide bonds. The van der Waals surface area contributed by atoms with Crippen LogP contribution in [0.1, 0.15) is 26.2 Å². The third-order valence-corrected chi connectivity index (χ3v) is 2.70. The van der Waals surface area contributed by atoms with E-state index in [9.17, 15) is 4.79 Å². The predicted octanol–water partition coefficient (Wildman–Crippen LogP) is 0.958. The molecule has 70 valence electrons. The molecule has 0 radical (unpaired) electrons. The molecule has 0 saturated heterocycles. The minimum atomic E-state index is -0.243. The average molecular weight is 172 g/mol. The first-order valence-electron chi connectivity index (χ1n) is 4.30. The van der Waals surface area contributed by atoms with Gasteiger partial charge in [0.15, 0.2) is 0 Å². The van der Waals surface area contributed by atoms with E-state index >= 15 is 0 Å². The molecule has 12 heavy (non-hydrogen) atoms. The van der Waals surface area contributed by atoms with Gasteiger partial charge in [-0.25, -0.2) is 0 Å². The van der Waals surface area contributed by atoms with Crippen molar-refractivity contribution in [3.63, 3.8) is 0 Å². The van der Waals surface area contributed by atoms with E-state index in [0.717, 1.165) is 12.8 Å². The highest BCUT2D eigenvalue weighted by atomic mass is 16.5. The normalized spacial score (nSPS) is 21.6. The molecule has 1 fully saturated rings. The molecule has 1 atom stereocenters. The molecule has 0 aromatic rings. The molecule has 1 unspecified atom stereocenters. The number of ether oxygens (including phenoxy) is 1. The fraction of sp³-hybridized carbons (Fsp3) is 0.889. The number of aliphatic hydroxyl groups is 1. The van der Waals surface area contributed by atoms with Crippen molar-refractivity contribution in [3.8, 4) is 0 Å². The Kier molecular flexibility index (Phi) is 2.73. The summed E-state index contributed by atoms with van der Waals surface area (Å²) in [4.78, 5) is 11.0. The number of methoxy groups -OCH3 is 1. The fourth-order valence-corrected chi connectivity index (χ4v) is 1.51. The molecule has 3 heteroatoms. The van der Waals surface area contributed by atoms with E-state index in [1.807, 2.05) is 6.92 Å². The third kappa shape index (κ3) is 1.97. The number of esters is 1. The van der Waals surface area contributed by atoms with E-state index < -0.39 is 0 Å². The first-order valence-corrected chi connectivity index (χ1v) is 4.30. The average Bonchev–Trinajstić information content (AvgIpc) is 2.86. The molecule has 0 bridgehead atoms. The number of rotatable bonds is 4. The molecule has 1 saturated carbocycles. The highest BCUT2D eigenvalue weighted by Gasteiger charge is 2.42. The van der Waals surface area contributed by atoms with E-state index in [2.05, 4.69) is 4.74 Å². The van der Waals surface area contributed by atoms with Gasteiger partial charge in [0.2, 0.25) is 0 Å². The topological polar surface area (TPSA) is 46.5 Å². The SMILES string of the molecule is COC(=O)CC(C)(CO)C1CC1. The Bertz CT molecular complexity index is 175. The van der Waals surface area contributed by atoms with Gasteiger partial charge in [0, 0.05) is 12.0 Å². The fourth-order valence-electron chi connectivity index (χ4n) is 1.51. The van der Waals surface area contributed by atoms with Gasteiger partial charge < -0.3 is 9.84 Å². The van der Waals surface area contributed by atoms with Crippen LogP contribution >= 0.6 is 0 Å². The van der Waals surface area contributed by atoms with Crippen molar-refractivity contribution < 1.29 is 14.6 Å². The largest absolute Gasteiger partial charge is 0.469 e. The van der Waals surface area contributed by atoms with Crippen molar-refractivity contribution in [1.82, 2.24) is 0 Å². The van der Waals surface area contributed by atoms with Crippen molar-refractivity contribution in [2.45, 2.75) is 26.2 Å². The molecule has 0 spiro atoms. The summed E-state index contributed by atoms with van der Waals surface area (Å²) in [5.74, 6) is 0.292. The number of carbonyl (C=O) groups excluding carboxylic acids is 1. The minimum absolute atomic E-state index is 0.0762. The van der Waals surface area contributed by atoms with Crippen molar-refractivity contribution in [1.29, 1.82) is 0 Å². The lowest BCUT2D eigenvalue weighted by atomic mass is 9.82. The monoisotopic (exact) mass is 172 g/mol. The van der Waals surface area contributed by atoms with Gasteiger partial charge in [0.25, 0.3) is 0 Å². The Morgan fingerprint density at radius 1 is 1.67 bits per heavy atom. The second-order valence-corrected chi connectivity index (χ2v) is 3.84. The molecule has 0 aromatic heterocycles. The minimum Gasteiger partial charge on any atom is -0.469 e. The molecule has 1 aliphatic rings. The zero-order valence-corrected chi connectivity index (χ0v) is 7.67. The standard InChI is InChI=1S/C9H16O3/c1-9(6-10,7-3-4-7)5-8(11)12-2/h7,10H,3-6H2,1-2H3. The zero-order valence-electron chi connectivity index (χ0n) is 7.67. The summed E-state index contributed by atoms with van der Waals surface area (Å²) in [7, 11) is 1.38. The van der Waals surface area contributed by atoms with Crippen LogP contribution in [0.4, 0.5) is 0 Å². The maximum Gasteiger partial charge on any atom is 0.306 e. The second-order valence-electron chi connectivity index (χ2n) is 3.84. The Balaban J connectivity index is 2.48. The van der Waals surface area contributed by atoms with Gasteiger partial charge in [-0.05, 0) is 18.8 Å². The van der Waals surface area contributed by atoms with Crippen LogP contribution in [-0.2, 0) is 9.53 Å². The Morgan fingerprint density at radius 2 is 2.25 bits per heavy atom. The predicted molar refractivity (Wildman–Crippen MR) is 44.5 cm³/mol. The summed E-state index contributed by atoms with van der Waals surface area (Å²) in [5.41, 5.74) is -0.243. The smallest absolute Gasteiger partial charge is 0.306 e. The van der Waals surface area contributed by atoms with Gasteiger partial charge in [-0.15, -0.1) is 0 Å². The number of hydrogen-bond donors (Lipinski definition) is 1. The number of hydrogen-bond acceptors (Lipinski definition) is 3. The Labute approximate surface area is 72.7 Å². The molecule has 0 aliphatic heterocycles. The van der Waals surface area contributed by atoms with Gasteiger partial charge >= 0.3 is 5.97 Å². The van der Waals surface area contributed by atoms with Crippen LogP contribution in [-0.4, -0.2) is 24.8 Å². The molecule has 1 aliphatic carbocycles. The van der Waals surface area contributed by atoms with Crippen LogP contribution in [0.2, 0.25) is 0 Å². The van der Waals surface area contributed by atoms with Crippen molar-refractivity contribution in [2.75, 3.05) is 13.7 Å². The maximum absolute atomic E-state index is 11.0. The van der Waals surface area contributed by atoms with E-state index in [1.54, 1.807) is 0 Å². The van der Waals surface area contributed by atoms with Crippen LogP contribution in [0.25, 0.3) is 0 Å². The molecule has 0 aromatic carbocycles.